The average molecular weight is 342 g/mol. The number of sulfonamides is 1. The molecule has 20 heavy (non-hydrogen) atoms. The summed E-state index contributed by atoms with van der Waals surface area (Å²) in [4.78, 5) is -0.414. The SMILES string of the molecule is CCC(C)N(CC)S(=O)(=O)c1cc(Cl)cc(CCl)c1F. The summed E-state index contributed by atoms with van der Waals surface area (Å²) < 4.78 is 40.7. The molecular formula is C13H18Cl2FNO2S. The van der Waals surface area contributed by atoms with Gasteiger partial charge in [-0.2, -0.15) is 4.31 Å². The van der Waals surface area contributed by atoms with Gasteiger partial charge in [0.15, 0.2) is 0 Å². The summed E-state index contributed by atoms with van der Waals surface area (Å²) >= 11 is 11.5. The molecule has 1 unspecified atom stereocenters. The fourth-order valence-corrected chi connectivity index (χ4v) is 4.30. The highest BCUT2D eigenvalue weighted by Crippen LogP contribution is 2.28. The molecule has 1 atom stereocenters. The van der Waals surface area contributed by atoms with E-state index in [-0.39, 0.29) is 29.1 Å². The molecule has 0 aliphatic carbocycles. The fraction of sp³-hybridized carbons (Fsp3) is 0.538. The van der Waals surface area contributed by atoms with E-state index < -0.39 is 20.7 Å². The van der Waals surface area contributed by atoms with Crippen molar-refractivity contribution in [1.82, 2.24) is 4.31 Å². The summed E-state index contributed by atoms with van der Waals surface area (Å²) in [5.41, 5.74) is 0.0814. The van der Waals surface area contributed by atoms with Crippen LogP contribution in [0.1, 0.15) is 32.8 Å². The molecule has 0 N–H and O–H groups in total. The molecule has 0 fully saturated rings. The van der Waals surface area contributed by atoms with Crippen LogP contribution in [-0.2, 0) is 15.9 Å². The molecule has 0 radical (unpaired) electrons. The molecule has 0 spiro atoms. The first-order valence-electron chi connectivity index (χ1n) is 6.35. The van der Waals surface area contributed by atoms with Crippen LogP contribution in [0.5, 0.6) is 0 Å². The number of alkyl halides is 1. The Labute approximate surface area is 129 Å². The lowest BCUT2D eigenvalue weighted by Gasteiger charge is -2.26. The average Bonchev–Trinajstić information content (AvgIpc) is 2.40. The van der Waals surface area contributed by atoms with Gasteiger partial charge in [0.05, 0.1) is 5.88 Å². The van der Waals surface area contributed by atoms with E-state index in [0.29, 0.717) is 6.42 Å². The van der Waals surface area contributed by atoms with Crippen LogP contribution in [0, 0.1) is 5.82 Å². The molecule has 0 saturated heterocycles. The second kappa shape index (κ2) is 7.07. The van der Waals surface area contributed by atoms with Crippen LogP contribution in [0.3, 0.4) is 0 Å². The minimum atomic E-state index is -3.93. The molecule has 3 nitrogen and oxygen atoms in total. The van der Waals surface area contributed by atoms with Crippen molar-refractivity contribution in [2.75, 3.05) is 6.54 Å². The molecule has 0 aliphatic heterocycles. The number of rotatable bonds is 6. The van der Waals surface area contributed by atoms with Gasteiger partial charge in [0.25, 0.3) is 0 Å². The first-order valence-corrected chi connectivity index (χ1v) is 8.70. The van der Waals surface area contributed by atoms with Crippen LogP contribution in [0.15, 0.2) is 17.0 Å². The smallest absolute Gasteiger partial charge is 0.207 e. The largest absolute Gasteiger partial charge is 0.246 e. The molecule has 0 saturated carbocycles. The summed E-state index contributed by atoms with van der Waals surface area (Å²) in [7, 11) is -3.93. The normalized spacial score (nSPS) is 13.8. The van der Waals surface area contributed by atoms with Crippen molar-refractivity contribution in [3.8, 4) is 0 Å². The van der Waals surface area contributed by atoms with Crippen molar-refractivity contribution in [2.24, 2.45) is 0 Å². The number of benzene rings is 1. The van der Waals surface area contributed by atoms with Crippen LogP contribution in [0.4, 0.5) is 4.39 Å². The Morgan fingerprint density at radius 3 is 2.40 bits per heavy atom. The lowest BCUT2D eigenvalue weighted by atomic mass is 10.2. The monoisotopic (exact) mass is 341 g/mol. The van der Waals surface area contributed by atoms with E-state index >= 15 is 0 Å². The van der Waals surface area contributed by atoms with E-state index in [4.69, 9.17) is 23.2 Å². The van der Waals surface area contributed by atoms with E-state index in [2.05, 4.69) is 0 Å². The summed E-state index contributed by atoms with van der Waals surface area (Å²) in [6.07, 6.45) is 0.637. The number of hydrogen-bond donors (Lipinski definition) is 0. The molecule has 0 amide bonds. The van der Waals surface area contributed by atoms with Crippen molar-refractivity contribution in [1.29, 1.82) is 0 Å². The second-order valence-electron chi connectivity index (χ2n) is 4.48. The highest BCUT2D eigenvalue weighted by atomic mass is 35.5. The molecule has 0 heterocycles. The quantitative estimate of drug-likeness (QED) is 0.732. The van der Waals surface area contributed by atoms with Gasteiger partial charge in [-0.25, -0.2) is 12.8 Å². The Morgan fingerprint density at radius 2 is 1.95 bits per heavy atom. The third-order valence-corrected chi connectivity index (χ3v) is 5.80. The highest BCUT2D eigenvalue weighted by molar-refractivity contribution is 7.89. The molecule has 0 aliphatic rings. The van der Waals surface area contributed by atoms with E-state index in [0.717, 1.165) is 6.07 Å². The van der Waals surface area contributed by atoms with Crippen LogP contribution < -0.4 is 0 Å². The lowest BCUT2D eigenvalue weighted by Crippen LogP contribution is -2.38. The van der Waals surface area contributed by atoms with Crippen LogP contribution in [0.2, 0.25) is 5.02 Å². The molecule has 1 rings (SSSR count). The van der Waals surface area contributed by atoms with E-state index in [9.17, 15) is 12.8 Å². The Hall–Kier alpha value is -0.360. The third kappa shape index (κ3) is 3.45. The standard InChI is InChI=1S/C13H18Cl2FNO2S/c1-4-9(3)17(5-2)20(18,19)12-7-11(15)6-10(8-14)13(12)16/h6-7,9H,4-5,8H2,1-3H3. The highest BCUT2D eigenvalue weighted by Gasteiger charge is 2.30. The summed E-state index contributed by atoms with van der Waals surface area (Å²) in [6.45, 7) is 5.64. The van der Waals surface area contributed by atoms with E-state index in [1.54, 1.807) is 13.8 Å². The summed E-state index contributed by atoms with van der Waals surface area (Å²) in [5.74, 6) is -0.962. The topological polar surface area (TPSA) is 37.4 Å². The van der Waals surface area contributed by atoms with Gasteiger partial charge >= 0.3 is 0 Å². The van der Waals surface area contributed by atoms with E-state index in [1.165, 1.54) is 10.4 Å². The predicted molar refractivity (Wildman–Crippen MR) is 80.3 cm³/mol. The van der Waals surface area contributed by atoms with E-state index in [1.807, 2.05) is 6.92 Å². The first kappa shape index (κ1) is 17.7. The number of hydrogen-bond acceptors (Lipinski definition) is 2. The number of halogens is 3. The zero-order valence-corrected chi connectivity index (χ0v) is 14.0. The van der Waals surface area contributed by atoms with Gasteiger partial charge in [0.1, 0.15) is 10.7 Å². The van der Waals surface area contributed by atoms with Crippen molar-refractivity contribution >= 4 is 33.2 Å². The minimum absolute atomic E-state index is 0.0814. The van der Waals surface area contributed by atoms with Crippen LogP contribution >= 0.6 is 23.2 Å². The van der Waals surface area contributed by atoms with Crippen LogP contribution in [0.25, 0.3) is 0 Å². The Kier molecular flexibility index (Phi) is 6.25. The molecule has 0 aromatic heterocycles. The molecule has 7 heteroatoms. The maximum absolute atomic E-state index is 14.3. The molecular weight excluding hydrogens is 324 g/mol. The van der Waals surface area contributed by atoms with Gasteiger partial charge in [-0.15, -0.1) is 11.6 Å². The fourth-order valence-electron chi connectivity index (χ4n) is 1.95. The maximum atomic E-state index is 14.3. The maximum Gasteiger partial charge on any atom is 0.246 e. The van der Waals surface area contributed by atoms with Gasteiger partial charge in [0, 0.05) is 23.2 Å². The van der Waals surface area contributed by atoms with Gasteiger partial charge in [-0.05, 0) is 25.5 Å². The molecule has 0 bridgehead atoms. The molecule has 114 valence electrons. The number of nitrogens with zero attached hydrogens (tertiary/aromatic N) is 1. The van der Waals surface area contributed by atoms with Gasteiger partial charge < -0.3 is 0 Å². The summed E-state index contributed by atoms with van der Waals surface area (Å²) in [6, 6.07) is 2.25. The first-order chi connectivity index (χ1) is 9.29. The summed E-state index contributed by atoms with van der Waals surface area (Å²) in [5, 5.41) is 0.154. The van der Waals surface area contributed by atoms with Crippen molar-refractivity contribution in [2.45, 2.75) is 44.0 Å². The predicted octanol–water partition coefficient (Wildman–Crippen LogP) is 4.03. The lowest BCUT2D eigenvalue weighted by molar-refractivity contribution is 0.340. The Bertz CT molecular complexity index is 578. The molecule has 1 aromatic carbocycles. The van der Waals surface area contributed by atoms with Gasteiger partial charge in [0.2, 0.25) is 10.0 Å². The van der Waals surface area contributed by atoms with Crippen molar-refractivity contribution in [3.05, 3.63) is 28.5 Å². The van der Waals surface area contributed by atoms with Crippen molar-refractivity contribution < 1.29 is 12.8 Å². The molecule has 1 aromatic rings. The zero-order chi connectivity index (χ0) is 15.5. The van der Waals surface area contributed by atoms with Crippen LogP contribution in [-0.4, -0.2) is 25.3 Å². The van der Waals surface area contributed by atoms with Crippen molar-refractivity contribution in [3.63, 3.8) is 0 Å². The van der Waals surface area contributed by atoms with Gasteiger partial charge in [-0.3, -0.25) is 0 Å². The van der Waals surface area contributed by atoms with Gasteiger partial charge in [-0.1, -0.05) is 25.4 Å². The minimum Gasteiger partial charge on any atom is -0.207 e. The third-order valence-electron chi connectivity index (χ3n) is 3.20. The Balaban J connectivity index is 3.45. The Morgan fingerprint density at radius 1 is 1.35 bits per heavy atom. The second-order valence-corrected chi connectivity index (χ2v) is 7.04. The zero-order valence-electron chi connectivity index (χ0n) is 11.7.